The van der Waals surface area contributed by atoms with Crippen LogP contribution in [0.15, 0.2) is 65.6 Å². The van der Waals surface area contributed by atoms with Gasteiger partial charge in [0.25, 0.3) is 5.56 Å². The third kappa shape index (κ3) is 4.73. The zero-order valence-electron chi connectivity index (χ0n) is 15.6. The zero-order valence-corrected chi connectivity index (χ0v) is 15.6. The number of benzene rings is 2. The summed E-state index contributed by atoms with van der Waals surface area (Å²) in [5.74, 6) is 0.129. The Kier molecular flexibility index (Phi) is 5.86. The summed E-state index contributed by atoms with van der Waals surface area (Å²) in [5.41, 5.74) is 2.08. The highest BCUT2D eigenvalue weighted by Crippen LogP contribution is 2.12. The van der Waals surface area contributed by atoms with E-state index in [-0.39, 0.29) is 24.1 Å². The average Bonchev–Trinajstić information content (AvgIpc) is 2.68. The van der Waals surface area contributed by atoms with Crippen molar-refractivity contribution in [2.75, 3.05) is 11.9 Å². The smallest absolute Gasteiger partial charge is 0.269 e. The lowest BCUT2D eigenvalue weighted by atomic mass is 10.0. The summed E-state index contributed by atoms with van der Waals surface area (Å²) in [6, 6.07) is 17.3. The van der Waals surface area contributed by atoms with Crippen LogP contribution in [0.1, 0.15) is 13.8 Å². The molecule has 0 radical (unpaired) electrons. The minimum atomic E-state index is -0.285. The number of anilines is 1. The van der Waals surface area contributed by atoms with Crippen molar-refractivity contribution in [2.24, 2.45) is 5.92 Å². The van der Waals surface area contributed by atoms with Crippen molar-refractivity contribution < 1.29 is 4.79 Å². The highest BCUT2D eigenvalue weighted by molar-refractivity contribution is 5.80. The highest BCUT2D eigenvalue weighted by atomic mass is 16.2. The number of fused-ring (bicyclic) bond motifs is 1. The van der Waals surface area contributed by atoms with Crippen LogP contribution in [0.4, 0.5) is 5.69 Å². The average molecular weight is 364 g/mol. The van der Waals surface area contributed by atoms with Gasteiger partial charge in [-0.05, 0) is 30.2 Å². The quantitative estimate of drug-likeness (QED) is 0.676. The Balaban J connectivity index is 1.67. The van der Waals surface area contributed by atoms with E-state index in [9.17, 15) is 9.59 Å². The van der Waals surface area contributed by atoms with E-state index >= 15 is 0 Å². The molecular formula is C21H24N4O2. The second-order valence-electron chi connectivity index (χ2n) is 6.84. The molecule has 0 aliphatic heterocycles. The molecule has 3 aromatic rings. The van der Waals surface area contributed by atoms with Gasteiger partial charge in [-0.3, -0.25) is 14.2 Å². The third-order valence-corrected chi connectivity index (χ3v) is 4.50. The number of hydrogen-bond donors (Lipinski definition) is 2. The number of aromatic nitrogens is 2. The topological polar surface area (TPSA) is 76.0 Å². The van der Waals surface area contributed by atoms with Crippen molar-refractivity contribution in [3.8, 4) is 0 Å². The molecule has 0 aliphatic rings. The number of amides is 1. The maximum Gasteiger partial charge on any atom is 0.269 e. The standard InChI is InChI=1S/C21H24N4O2/c1-15(2)18(24-16-8-4-3-5-9-16)12-23-20(26)14-25-19-11-7-6-10-17(19)22-13-21(25)27/h3-11,13,15,18,24H,12,14H2,1-2H3,(H,23,26). The van der Waals surface area contributed by atoms with Crippen LogP contribution in [0.25, 0.3) is 11.0 Å². The van der Waals surface area contributed by atoms with E-state index in [0.717, 1.165) is 5.69 Å². The van der Waals surface area contributed by atoms with Gasteiger partial charge < -0.3 is 10.6 Å². The first-order valence-corrected chi connectivity index (χ1v) is 9.07. The second-order valence-corrected chi connectivity index (χ2v) is 6.84. The zero-order chi connectivity index (χ0) is 19.2. The molecule has 6 heteroatoms. The Bertz CT molecular complexity index is 967. The van der Waals surface area contributed by atoms with Crippen molar-refractivity contribution >= 4 is 22.6 Å². The van der Waals surface area contributed by atoms with Crippen LogP contribution in [0.5, 0.6) is 0 Å². The number of hydrogen-bond acceptors (Lipinski definition) is 4. The van der Waals surface area contributed by atoms with Crippen molar-refractivity contribution in [2.45, 2.75) is 26.4 Å². The molecule has 0 aliphatic carbocycles. The van der Waals surface area contributed by atoms with Crippen LogP contribution in [-0.2, 0) is 11.3 Å². The van der Waals surface area contributed by atoms with Gasteiger partial charge in [0, 0.05) is 18.3 Å². The molecule has 3 rings (SSSR count). The SMILES string of the molecule is CC(C)C(CNC(=O)Cn1c(=O)cnc2ccccc21)Nc1ccccc1. The number of nitrogens with one attached hydrogen (secondary N) is 2. The molecule has 2 N–H and O–H groups in total. The van der Waals surface area contributed by atoms with Crippen molar-refractivity contribution in [3.05, 3.63) is 71.1 Å². The first-order chi connectivity index (χ1) is 13.0. The molecule has 1 aromatic heterocycles. The highest BCUT2D eigenvalue weighted by Gasteiger charge is 2.15. The summed E-state index contributed by atoms with van der Waals surface area (Å²) >= 11 is 0. The summed E-state index contributed by atoms with van der Waals surface area (Å²) in [6.07, 6.45) is 1.25. The van der Waals surface area contributed by atoms with Gasteiger partial charge in [-0.25, -0.2) is 4.98 Å². The third-order valence-electron chi connectivity index (χ3n) is 4.50. The molecule has 6 nitrogen and oxygen atoms in total. The first-order valence-electron chi connectivity index (χ1n) is 9.07. The Morgan fingerprint density at radius 2 is 1.78 bits per heavy atom. The fraction of sp³-hybridized carbons (Fsp3) is 0.286. The Labute approximate surface area is 158 Å². The van der Waals surface area contributed by atoms with Crippen LogP contribution in [0.3, 0.4) is 0 Å². The van der Waals surface area contributed by atoms with E-state index in [1.807, 2.05) is 48.5 Å². The summed E-state index contributed by atoms with van der Waals surface area (Å²) in [6.45, 7) is 4.66. The van der Waals surface area contributed by atoms with Gasteiger partial charge in [0.05, 0.1) is 17.2 Å². The molecule has 0 bridgehead atoms. The molecule has 1 atom stereocenters. The lowest BCUT2D eigenvalue weighted by Crippen LogP contribution is -2.41. The Morgan fingerprint density at radius 1 is 1.07 bits per heavy atom. The van der Waals surface area contributed by atoms with Crippen LogP contribution in [0.2, 0.25) is 0 Å². The Hall–Kier alpha value is -3.15. The van der Waals surface area contributed by atoms with E-state index < -0.39 is 0 Å². The Morgan fingerprint density at radius 3 is 2.52 bits per heavy atom. The summed E-state index contributed by atoms with van der Waals surface area (Å²) in [4.78, 5) is 28.8. The monoisotopic (exact) mass is 364 g/mol. The van der Waals surface area contributed by atoms with Crippen LogP contribution in [-0.4, -0.2) is 28.0 Å². The number of rotatable bonds is 7. The van der Waals surface area contributed by atoms with Gasteiger partial charge in [0.2, 0.25) is 5.91 Å². The number of para-hydroxylation sites is 3. The molecule has 0 spiro atoms. The molecule has 140 valence electrons. The van der Waals surface area contributed by atoms with Crippen molar-refractivity contribution in [3.63, 3.8) is 0 Å². The van der Waals surface area contributed by atoms with E-state index in [1.165, 1.54) is 10.8 Å². The second kappa shape index (κ2) is 8.49. The van der Waals surface area contributed by atoms with Crippen LogP contribution in [0, 0.1) is 5.92 Å². The molecular weight excluding hydrogens is 340 g/mol. The van der Waals surface area contributed by atoms with Gasteiger partial charge in [0.1, 0.15) is 6.54 Å². The van der Waals surface area contributed by atoms with E-state index in [4.69, 9.17) is 0 Å². The molecule has 1 amide bonds. The minimum Gasteiger partial charge on any atom is -0.380 e. The minimum absolute atomic E-state index is 0.0297. The van der Waals surface area contributed by atoms with Gasteiger partial charge >= 0.3 is 0 Å². The summed E-state index contributed by atoms with van der Waals surface area (Å²) < 4.78 is 1.45. The summed E-state index contributed by atoms with van der Waals surface area (Å²) in [7, 11) is 0. The number of carbonyl (C=O) groups is 1. The molecule has 2 aromatic carbocycles. The molecule has 0 fully saturated rings. The molecule has 0 saturated carbocycles. The normalized spacial score (nSPS) is 12.1. The van der Waals surface area contributed by atoms with Gasteiger partial charge in [-0.15, -0.1) is 0 Å². The fourth-order valence-corrected chi connectivity index (χ4v) is 2.90. The molecule has 1 heterocycles. The van der Waals surface area contributed by atoms with Crippen LogP contribution >= 0.6 is 0 Å². The predicted molar refractivity (Wildman–Crippen MR) is 108 cm³/mol. The van der Waals surface area contributed by atoms with Gasteiger partial charge in [0.15, 0.2) is 0 Å². The lowest BCUT2D eigenvalue weighted by Gasteiger charge is -2.24. The summed E-state index contributed by atoms with van der Waals surface area (Å²) in [5, 5.41) is 6.39. The fourth-order valence-electron chi connectivity index (χ4n) is 2.90. The van der Waals surface area contributed by atoms with Gasteiger partial charge in [-0.2, -0.15) is 0 Å². The first kappa shape index (κ1) is 18.6. The van der Waals surface area contributed by atoms with E-state index in [0.29, 0.717) is 23.5 Å². The largest absolute Gasteiger partial charge is 0.380 e. The van der Waals surface area contributed by atoms with E-state index in [2.05, 4.69) is 29.5 Å². The van der Waals surface area contributed by atoms with Crippen LogP contribution < -0.4 is 16.2 Å². The lowest BCUT2D eigenvalue weighted by molar-refractivity contribution is -0.121. The number of carbonyl (C=O) groups excluding carboxylic acids is 1. The predicted octanol–water partition coefficient (Wildman–Crippen LogP) is 2.65. The number of nitrogens with zero attached hydrogens (tertiary/aromatic N) is 2. The molecule has 0 saturated heterocycles. The molecule has 27 heavy (non-hydrogen) atoms. The van der Waals surface area contributed by atoms with Gasteiger partial charge in [-0.1, -0.05) is 44.2 Å². The van der Waals surface area contributed by atoms with Crippen molar-refractivity contribution in [1.82, 2.24) is 14.9 Å². The maximum atomic E-state index is 12.5. The van der Waals surface area contributed by atoms with Crippen molar-refractivity contribution in [1.29, 1.82) is 0 Å². The molecule has 1 unspecified atom stereocenters. The van der Waals surface area contributed by atoms with E-state index in [1.54, 1.807) is 6.07 Å². The maximum absolute atomic E-state index is 12.5.